The zero-order chi connectivity index (χ0) is 29.1. The molecule has 0 saturated carbocycles. The Hall–Kier alpha value is -4.12. The van der Waals surface area contributed by atoms with Crippen molar-refractivity contribution in [3.63, 3.8) is 0 Å². The molecule has 0 aliphatic carbocycles. The third-order valence-corrected chi connectivity index (χ3v) is 7.97. The standard InChI is InChI=1S/C35H39NO4/c1-33(2,3)28-20-18-25(19-21-28)22-36-23-29(39-31(37)26-14-10-8-11-15-26)34(4,5)35(6,7)30(24-36)40-32(38)27-16-12-9-13-17-27/h8-21,23-24H,22H2,1-7H3. The number of carbonyl (C=O) groups excluding carboxylic acids is 2. The van der Waals surface area contributed by atoms with Crippen LogP contribution in [0.5, 0.6) is 0 Å². The summed E-state index contributed by atoms with van der Waals surface area (Å²) < 4.78 is 12.2. The van der Waals surface area contributed by atoms with E-state index in [0.717, 1.165) is 5.56 Å². The van der Waals surface area contributed by atoms with Crippen LogP contribution in [0.15, 0.2) is 109 Å². The van der Waals surface area contributed by atoms with Gasteiger partial charge in [0.2, 0.25) is 0 Å². The zero-order valence-corrected chi connectivity index (χ0v) is 24.5. The van der Waals surface area contributed by atoms with Crippen LogP contribution in [0.1, 0.15) is 80.3 Å². The minimum absolute atomic E-state index is 0.0482. The molecule has 0 atom stereocenters. The minimum Gasteiger partial charge on any atom is -0.425 e. The molecule has 3 aromatic rings. The van der Waals surface area contributed by atoms with Crippen LogP contribution in [0.2, 0.25) is 0 Å². The van der Waals surface area contributed by atoms with Gasteiger partial charge in [-0.05, 0) is 40.8 Å². The Morgan fingerprint density at radius 1 is 0.650 bits per heavy atom. The van der Waals surface area contributed by atoms with Gasteiger partial charge in [0.1, 0.15) is 11.5 Å². The fraction of sp³-hybridized carbons (Fsp3) is 0.314. The first-order valence-corrected chi connectivity index (χ1v) is 13.6. The molecule has 5 heteroatoms. The van der Waals surface area contributed by atoms with Crippen LogP contribution in [0.25, 0.3) is 0 Å². The molecule has 0 N–H and O–H groups in total. The lowest BCUT2D eigenvalue weighted by Gasteiger charge is -2.41. The summed E-state index contributed by atoms with van der Waals surface area (Å²) in [5.41, 5.74) is 1.86. The van der Waals surface area contributed by atoms with Gasteiger partial charge >= 0.3 is 11.9 Å². The summed E-state index contributed by atoms with van der Waals surface area (Å²) in [5, 5.41) is 0. The Morgan fingerprint density at radius 2 is 1.05 bits per heavy atom. The van der Waals surface area contributed by atoms with Crippen molar-refractivity contribution in [3.8, 4) is 0 Å². The Bertz CT molecular complexity index is 1330. The fourth-order valence-corrected chi connectivity index (χ4v) is 4.46. The summed E-state index contributed by atoms with van der Waals surface area (Å²) in [7, 11) is 0. The first-order chi connectivity index (χ1) is 18.8. The second-order valence-electron chi connectivity index (χ2n) is 12.4. The predicted octanol–water partition coefficient (Wildman–Crippen LogP) is 8.25. The molecular formula is C35H39NO4. The Labute approximate surface area is 238 Å². The number of ether oxygens (including phenoxy) is 2. The summed E-state index contributed by atoms with van der Waals surface area (Å²) in [4.78, 5) is 28.3. The van der Waals surface area contributed by atoms with E-state index in [-0.39, 0.29) is 5.41 Å². The lowest BCUT2D eigenvalue weighted by molar-refractivity contribution is 0.0238. The molecule has 0 saturated heterocycles. The van der Waals surface area contributed by atoms with Crippen molar-refractivity contribution in [1.29, 1.82) is 0 Å². The number of rotatable bonds is 6. The molecule has 0 radical (unpaired) electrons. The van der Waals surface area contributed by atoms with Crippen molar-refractivity contribution in [1.82, 2.24) is 4.90 Å². The largest absolute Gasteiger partial charge is 0.425 e. The van der Waals surface area contributed by atoms with Crippen LogP contribution in [0.3, 0.4) is 0 Å². The topological polar surface area (TPSA) is 55.8 Å². The molecule has 4 rings (SSSR count). The third kappa shape index (κ3) is 6.20. The van der Waals surface area contributed by atoms with Gasteiger partial charge < -0.3 is 14.4 Å². The lowest BCUT2D eigenvalue weighted by atomic mass is 9.66. The first kappa shape index (κ1) is 28.9. The van der Waals surface area contributed by atoms with E-state index in [9.17, 15) is 9.59 Å². The van der Waals surface area contributed by atoms with E-state index in [0.29, 0.717) is 29.2 Å². The Morgan fingerprint density at radius 3 is 1.43 bits per heavy atom. The SMILES string of the molecule is CC(C)(C)c1ccc(CN2C=C(OC(=O)c3ccccc3)C(C)(C)C(C)(C)C(OC(=O)c3ccccc3)=C2)cc1. The number of hydrogen-bond donors (Lipinski definition) is 0. The van der Waals surface area contributed by atoms with Gasteiger partial charge in [0.05, 0.1) is 11.1 Å². The van der Waals surface area contributed by atoms with Crippen LogP contribution in [-0.2, 0) is 21.4 Å². The van der Waals surface area contributed by atoms with Crippen LogP contribution in [0, 0.1) is 10.8 Å². The van der Waals surface area contributed by atoms with E-state index < -0.39 is 22.8 Å². The van der Waals surface area contributed by atoms with E-state index in [1.54, 1.807) is 24.3 Å². The van der Waals surface area contributed by atoms with Gasteiger partial charge in [0.15, 0.2) is 0 Å². The highest BCUT2D eigenvalue weighted by molar-refractivity contribution is 5.90. The van der Waals surface area contributed by atoms with Crippen molar-refractivity contribution in [3.05, 3.63) is 131 Å². The van der Waals surface area contributed by atoms with Gasteiger partial charge in [-0.3, -0.25) is 0 Å². The van der Waals surface area contributed by atoms with Gasteiger partial charge in [-0.25, -0.2) is 9.59 Å². The Kier molecular flexibility index (Phi) is 8.06. The van der Waals surface area contributed by atoms with Crippen LogP contribution in [-0.4, -0.2) is 16.8 Å². The number of hydrogen-bond acceptors (Lipinski definition) is 5. The van der Waals surface area contributed by atoms with E-state index in [2.05, 4.69) is 45.0 Å². The molecule has 0 aromatic heterocycles. The molecular weight excluding hydrogens is 498 g/mol. The van der Waals surface area contributed by atoms with E-state index in [1.807, 2.05) is 81.4 Å². The summed E-state index contributed by atoms with van der Waals surface area (Å²) in [6.07, 6.45) is 3.70. The maximum Gasteiger partial charge on any atom is 0.343 e. The van der Waals surface area contributed by atoms with Crippen LogP contribution < -0.4 is 0 Å². The normalized spacial score (nSPS) is 16.3. The number of nitrogens with zero attached hydrogens (tertiary/aromatic N) is 1. The maximum atomic E-state index is 13.2. The van der Waals surface area contributed by atoms with Crippen LogP contribution in [0.4, 0.5) is 0 Å². The molecule has 1 heterocycles. The van der Waals surface area contributed by atoms with Gasteiger partial charge in [-0.15, -0.1) is 0 Å². The number of benzene rings is 3. The molecule has 0 fully saturated rings. The monoisotopic (exact) mass is 537 g/mol. The molecule has 0 spiro atoms. The maximum absolute atomic E-state index is 13.2. The van der Waals surface area contributed by atoms with E-state index in [4.69, 9.17) is 9.47 Å². The van der Waals surface area contributed by atoms with Gasteiger partial charge in [0, 0.05) is 29.8 Å². The molecule has 0 amide bonds. The molecule has 1 aliphatic rings. The van der Waals surface area contributed by atoms with E-state index >= 15 is 0 Å². The molecule has 208 valence electrons. The highest BCUT2D eigenvalue weighted by atomic mass is 16.5. The van der Waals surface area contributed by atoms with Crippen molar-refractivity contribution in [2.45, 2.75) is 60.4 Å². The highest BCUT2D eigenvalue weighted by Crippen LogP contribution is 2.51. The second kappa shape index (κ2) is 11.2. The molecule has 0 bridgehead atoms. The average molecular weight is 538 g/mol. The van der Waals surface area contributed by atoms with Gasteiger partial charge in [0.25, 0.3) is 0 Å². The number of allylic oxidation sites excluding steroid dienone is 2. The number of esters is 2. The molecule has 3 aromatic carbocycles. The first-order valence-electron chi connectivity index (χ1n) is 13.6. The predicted molar refractivity (Wildman–Crippen MR) is 158 cm³/mol. The van der Waals surface area contributed by atoms with Crippen molar-refractivity contribution < 1.29 is 19.1 Å². The van der Waals surface area contributed by atoms with Crippen molar-refractivity contribution in [2.75, 3.05) is 0 Å². The van der Waals surface area contributed by atoms with Crippen molar-refractivity contribution >= 4 is 11.9 Å². The van der Waals surface area contributed by atoms with Gasteiger partial charge in [-0.1, -0.05) is 109 Å². The zero-order valence-electron chi connectivity index (χ0n) is 24.5. The highest BCUT2D eigenvalue weighted by Gasteiger charge is 2.48. The van der Waals surface area contributed by atoms with E-state index in [1.165, 1.54) is 5.56 Å². The van der Waals surface area contributed by atoms with Crippen molar-refractivity contribution in [2.24, 2.45) is 10.8 Å². The average Bonchev–Trinajstić information content (AvgIpc) is 2.98. The molecule has 0 unspecified atom stereocenters. The second-order valence-corrected chi connectivity index (χ2v) is 12.4. The number of carbonyl (C=O) groups is 2. The molecule has 40 heavy (non-hydrogen) atoms. The summed E-state index contributed by atoms with van der Waals surface area (Å²) in [5.74, 6) is 0.101. The summed E-state index contributed by atoms with van der Waals surface area (Å²) in [6.45, 7) is 15.1. The quantitative estimate of drug-likeness (QED) is 0.296. The Balaban J connectivity index is 1.73. The molecule has 1 aliphatic heterocycles. The smallest absolute Gasteiger partial charge is 0.343 e. The molecule has 5 nitrogen and oxygen atoms in total. The fourth-order valence-electron chi connectivity index (χ4n) is 4.46. The summed E-state index contributed by atoms with van der Waals surface area (Å²) >= 11 is 0. The van der Waals surface area contributed by atoms with Gasteiger partial charge in [-0.2, -0.15) is 0 Å². The summed E-state index contributed by atoms with van der Waals surface area (Å²) in [6, 6.07) is 26.4. The lowest BCUT2D eigenvalue weighted by Crippen LogP contribution is -2.38. The minimum atomic E-state index is -0.717. The third-order valence-electron chi connectivity index (χ3n) is 7.97. The van der Waals surface area contributed by atoms with Crippen LogP contribution >= 0.6 is 0 Å².